The van der Waals surface area contributed by atoms with Crippen molar-refractivity contribution in [2.24, 2.45) is 0 Å². The predicted molar refractivity (Wildman–Crippen MR) is 178 cm³/mol. The van der Waals surface area contributed by atoms with Crippen LogP contribution in [0.1, 0.15) is 36.8 Å². The topological polar surface area (TPSA) is 80.1 Å². The number of nitrogens with zero attached hydrogens (tertiary/aromatic N) is 4. The second kappa shape index (κ2) is 14.7. The summed E-state index contributed by atoms with van der Waals surface area (Å²) in [5, 5.41) is 5.70. The second-order valence-electron chi connectivity index (χ2n) is 10.6. The number of amides is 2. The average molecular weight is 731 g/mol. The number of pyridine rings is 1. The highest BCUT2D eigenvalue weighted by molar-refractivity contribution is 8.00. The number of alkyl halides is 3. The molecular formula is C31H26Cl2F5N5O2S2. The Morgan fingerprint density at radius 1 is 1.11 bits per heavy atom. The van der Waals surface area contributed by atoms with E-state index in [2.05, 4.69) is 22.3 Å². The van der Waals surface area contributed by atoms with Gasteiger partial charge in [-0.1, -0.05) is 23.6 Å². The third kappa shape index (κ3) is 8.70. The fourth-order valence-electron chi connectivity index (χ4n) is 4.73. The lowest BCUT2D eigenvalue weighted by Gasteiger charge is -2.21. The number of halogens is 7. The molecule has 0 aliphatic rings. The molecule has 0 spiro atoms. The van der Waals surface area contributed by atoms with Gasteiger partial charge in [0.1, 0.15) is 23.9 Å². The third-order valence-electron chi connectivity index (χ3n) is 6.87. The highest BCUT2D eigenvalue weighted by Crippen LogP contribution is 2.43. The summed E-state index contributed by atoms with van der Waals surface area (Å²) in [6.45, 7) is 2.26. The van der Waals surface area contributed by atoms with Crippen LogP contribution in [0.4, 0.5) is 32.6 Å². The van der Waals surface area contributed by atoms with Crippen molar-refractivity contribution < 1.29 is 31.5 Å². The summed E-state index contributed by atoms with van der Waals surface area (Å²) in [5.41, 5.74) is 0.872. The molecule has 7 nitrogen and oxygen atoms in total. The Kier molecular flexibility index (Phi) is 11.4. The monoisotopic (exact) mass is 729 g/mol. The molecule has 2 aromatic carbocycles. The van der Waals surface area contributed by atoms with E-state index in [9.17, 15) is 31.5 Å². The van der Waals surface area contributed by atoms with Gasteiger partial charge in [-0.3, -0.25) is 14.3 Å². The minimum absolute atomic E-state index is 0.000373. The molecular weight excluding hydrogens is 704 g/mol. The molecule has 1 unspecified atom stereocenters. The van der Waals surface area contributed by atoms with E-state index in [-0.39, 0.29) is 56.2 Å². The number of aromatic nitrogens is 3. The summed E-state index contributed by atoms with van der Waals surface area (Å²) in [7, 11) is 0. The van der Waals surface area contributed by atoms with Crippen LogP contribution in [0.2, 0.25) is 5.02 Å². The summed E-state index contributed by atoms with van der Waals surface area (Å²) < 4.78 is 71.1. The highest BCUT2D eigenvalue weighted by atomic mass is 35.5. The normalized spacial score (nSPS) is 12.4. The van der Waals surface area contributed by atoms with Gasteiger partial charge < -0.3 is 5.32 Å². The molecule has 47 heavy (non-hydrogen) atoms. The molecule has 0 radical (unpaired) electrons. The first kappa shape index (κ1) is 36.3. The summed E-state index contributed by atoms with van der Waals surface area (Å²) in [6, 6.07) is 7.86. The maximum Gasteiger partial charge on any atom is 0.408 e. The Morgan fingerprint density at radius 2 is 1.77 bits per heavy atom. The SMILES string of the molecule is CSN(C(=O)Cl)c1nn(CC(F)(F)F)c2c(-c3ccc(C#CC(C)(C)SC)nc3C(Cc3cc(F)cc(F)c3)NC=O)ccc(Cl)c12. The lowest BCUT2D eigenvalue weighted by atomic mass is 9.94. The lowest BCUT2D eigenvalue weighted by Crippen LogP contribution is -2.24. The maximum absolute atomic E-state index is 14.1. The van der Waals surface area contributed by atoms with Gasteiger partial charge in [-0.25, -0.2) is 18.1 Å². The zero-order chi connectivity index (χ0) is 34.7. The van der Waals surface area contributed by atoms with Gasteiger partial charge in [0.05, 0.1) is 32.4 Å². The lowest BCUT2D eigenvalue weighted by molar-refractivity contribution is -0.141. The summed E-state index contributed by atoms with van der Waals surface area (Å²) >= 11 is 14.6. The molecule has 0 saturated carbocycles. The van der Waals surface area contributed by atoms with E-state index in [4.69, 9.17) is 28.2 Å². The van der Waals surface area contributed by atoms with Crippen LogP contribution < -0.4 is 9.62 Å². The quantitative estimate of drug-likeness (QED) is 0.0440. The van der Waals surface area contributed by atoms with Crippen molar-refractivity contribution >= 4 is 75.4 Å². The number of nitrogens with one attached hydrogen (secondary N) is 1. The van der Waals surface area contributed by atoms with E-state index >= 15 is 0 Å². The van der Waals surface area contributed by atoms with Crippen LogP contribution in [-0.4, -0.2) is 50.0 Å². The van der Waals surface area contributed by atoms with E-state index in [1.165, 1.54) is 30.2 Å². The van der Waals surface area contributed by atoms with Gasteiger partial charge in [-0.05, 0) is 91.9 Å². The third-order valence-corrected chi connectivity index (χ3v) is 9.28. The van der Waals surface area contributed by atoms with Crippen molar-refractivity contribution in [2.75, 3.05) is 16.8 Å². The van der Waals surface area contributed by atoms with Gasteiger partial charge in [0.25, 0.3) is 0 Å². The molecule has 2 aromatic heterocycles. The molecule has 1 N–H and O–H groups in total. The number of hydrogen-bond acceptors (Lipinski definition) is 6. The zero-order valence-electron chi connectivity index (χ0n) is 25.2. The van der Waals surface area contributed by atoms with Crippen LogP contribution in [0.3, 0.4) is 0 Å². The molecule has 0 aliphatic carbocycles. The van der Waals surface area contributed by atoms with E-state index in [0.717, 1.165) is 28.4 Å². The van der Waals surface area contributed by atoms with E-state index in [0.29, 0.717) is 17.2 Å². The maximum atomic E-state index is 14.1. The number of carbonyl (C=O) groups is 2. The zero-order valence-corrected chi connectivity index (χ0v) is 28.3. The average Bonchev–Trinajstić information content (AvgIpc) is 3.33. The van der Waals surface area contributed by atoms with E-state index in [1.807, 2.05) is 20.1 Å². The fourth-order valence-corrected chi connectivity index (χ4v) is 5.85. The Bertz CT molecular complexity index is 1870. The van der Waals surface area contributed by atoms with Crippen molar-refractivity contribution in [2.45, 2.75) is 43.8 Å². The molecule has 0 aliphatic heterocycles. The van der Waals surface area contributed by atoms with Crippen LogP contribution in [0.25, 0.3) is 22.0 Å². The first-order valence-corrected chi connectivity index (χ1v) is 16.8. The van der Waals surface area contributed by atoms with Crippen molar-refractivity contribution in [3.8, 4) is 23.0 Å². The number of anilines is 1. The molecule has 1 atom stereocenters. The van der Waals surface area contributed by atoms with Crippen molar-refractivity contribution in [1.82, 2.24) is 20.1 Å². The fraction of sp³-hybridized carbons (Fsp3) is 0.290. The van der Waals surface area contributed by atoms with Crippen LogP contribution in [0, 0.1) is 23.5 Å². The van der Waals surface area contributed by atoms with Gasteiger partial charge in [-0.2, -0.15) is 18.3 Å². The minimum atomic E-state index is -4.74. The molecule has 4 rings (SSSR count). The van der Waals surface area contributed by atoms with E-state index < -0.39 is 40.5 Å². The molecule has 4 aromatic rings. The van der Waals surface area contributed by atoms with Crippen LogP contribution in [0.15, 0.2) is 42.5 Å². The van der Waals surface area contributed by atoms with Crippen LogP contribution in [0.5, 0.6) is 0 Å². The Labute approximate surface area is 285 Å². The standard InChI is InChI=1S/C31H26Cl2F5N5O2S2/c1-30(2,46-3)10-9-20-5-6-21(26(40-20)24(39-16-44)13-17-11-18(34)14-19(35)12-17)22-7-8-23(32)25-27(22)42(15-31(36,37)38)41-28(25)43(47-4)29(33)45/h5-8,11-12,14,16,24H,13,15H2,1-4H3,(H,39,44). The molecule has 2 heterocycles. The van der Waals surface area contributed by atoms with Gasteiger partial charge in [0, 0.05) is 23.4 Å². The second-order valence-corrected chi connectivity index (χ2v) is 13.4. The van der Waals surface area contributed by atoms with Gasteiger partial charge in [-0.15, -0.1) is 11.8 Å². The molecule has 248 valence electrons. The smallest absolute Gasteiger partial charge is 0.350 e. The number of fused-ring (bicyclic) bond motifs is 1. The Hall–Kier alpha value is -3.51. The summed E-state index contributed by atoms with van der Waals surface area (Å²) in [5.74, 6) is 4.19. The first-order chi connectivity index (χ1) is 22.1. The van der Waals surface area contributed by atoms with Crippen molar-refractivity contribution in [3.05, 3.63) is 76.1 Å². The number of rotatable bonds is 10. The highest BCUT2D eigenvalue weighted by Gasteiger charge is 2.33. The van der Waals surface area contributed by atoms with Crippen molar-refractivity contribution in [1.29, 1.82) is 0 Å². The van der Waals surface area contributed by atoms with Gasteiger partial charge in [0.15, 0.2) is 5.82 Å². The van der Waals surface area contributed by atoms with Gasteiger partial charge in [0.2, 0.25) is 6.41 Å². The number of thioether (sulfide) groups is 1. The van der Waals surface area contributed by atoms with Gasteiger partial charge >= 0.3 is 11.5 Å². The van der Waals surface area contributed by atoms with Crippen LogP contribution in [-0.2, 0) is 17.8 Å². The Morgan fingerprint density at radius 3 is 2.34 bits per heavy atom. The molecule has 0 fully saturated rings. The largest absolute Gasteiger partial charge is 0.408 e. The first-order valence-electron chi connectivity index (χ1n) is 13.6. The Balaban J connectivity index is 2.07. The van der Waals surface area contributed by atoms with Crippen molar-refractivity contribution in [3.63, 3.8) is 0 Å². The predicted octanol–water partition coefficient (Wildman–Crippen LogP) is 8.56. The van der Waals surface area contributed by atoms with E-state index in [1.54, 1.807) is 12.1 Å². The number of carbonyl (C=O) groups excluding carboxylic acids is 2. The molecule has 16 heteroatoms. The summed E-state index contributed by atoms with van der Waals surface area (Å²) in [6.07, 6.45) is -1.13. The summed E-state index contributed by atoms with van der Waals surface area (Å²) in [4.78, 5) is 28.8. The number of benzene rings is 2. The molecule has 2 amide bonds. The minimum Gasteiger partial charge on any atom is -0.350 e. The molecule has 0 bridgehead atoms. The number of hydrogen-bond donors (Lipinski definition) is 1. The molecule has 0 saturated heterocycles. The van der Waals surface area contributed by atoms with Crippen LogP contribution >= 0.6 is 46.9 Å².